The second-order valence-corrected chi connectivity index (χ2v) is 9.12. The summed E-state index contributed by atoms with van der Waals surface area (Å²) < 4.78 is 3.17. The lowest BCUT2D eigenvalue weighted by Crippen LogP contribution is -2.45. The van der Waals surface area contributed by atoms with Crippen molar-refractivity contribution in [3.8, 4) is 6.07 Å². The van der Waals surface area contributed by atoms with Gasteiger partial charge in [0.05, 0.1) is 27.5 Å². The zero-order chi connectivity index (χ0) is 19.0. The van der Waals surface area contributed by atoms with Gasteiger partial charge in [-0.2, -0.15) is 5.26 Å². The lowest BCUT2D eigenvalue weighted by molar-refractivity contribution is 0.492. The zero-order valence-electron chi connectivity index (χ0n) is 14.6. The van der Waals surface area contributed by atoms with Crippen LogP contribution in [0, 0.1) is 11.3 Å². The number of nitrogens with two attached hydrogens (primary N) is 1. The molecule has 3 aromatic rings. The maximum absolute atomic E-state index is 13.3. The molecule has 1 atom stereocenters. The van der Waals surface area contributed by atoms with Gasteiger partial charge in [-0.05, 0) is 46.5 Å². The van der Waals surface area contributed by atoms with Gasteiger partial charge in [0.25, 0.3) is 5.56 Å². The molecule has 1 aliphatic heterocycles. The van der Waals surface area contributed by atoms with Crippen molar-refractivity contribution >= 4 is 43.4 Å². The smallest absolute Gasteiger partial charge is 0.273 e. The Morgan fingerprint density at radius 1 is 1.41 bits per heavy atom. The SMILES string of the molecule is N#Cc1ccccc1Cn1c(N2CCC[C@@H](N)C2)nc2cc(Br)sc2c1=O. The van der Waals surface area contributed by atoms with Crippen LogP contribution in [0.3, 0.4) is 0 Å². The highest BCUT2D eigenvalue weighted by Gasteiger charge is 2.23. The highest BCUT2D eigenvalue weighted by atomic mass is 79.9. The van der Waals surface area contributed by atoms with Crippen LogP contribution in [0.1, 0.15) is 24.0 Å². The van der Waals surface area contributed by atoms with E-state index in [1.165, 1.54) is 11.3 Å². The van der Waals surface area contributed by atoms with Gasteiger partial charge in [0.2, 0.25) is 5.95 Å². The van der Waals surface area contributed by atoms with E-state index in [1.54, 1.807) is 10.6 Å². The molecule has 2 N–H and O–H groups in total. The zero-order valence-corrected chi connectivity index (χ0v) is 17.0. The standard InChI is InChI=1S/C19H18BrN5OS/c20-16-8-15-17(27-16)18(26)25(10-13-5-2-1-4-12(13)9-21)19(23-15)24-7-3-6-14(22)11-24/h1-2,4-5,8,14H,3,6-7,10-11,22H2/t14-/m1/s1. The summed E-state index contributed by atoms with van der Waals surface area (Å²) in [6.45, 7) is 1.79. The summed E-state index contributed by atoms with van der Waals surface area (Å²) in [5.41, 5.74) is 8.14. The summed E-state index contributed by atoms with van der Waals surface area (Å²) in [4.78, 5) is 20.2. The Balaban J connectivity index is 1.88. The first-order chi connectivity index (χ1) is 13.1. The number of hydrogen-bond donors (Lipinski definition) is 1. The molecule has 0 spiro atoms. The third-order valence-corrected chi connectivity index (χ3v) is 6.41. The maximum Gasteiger partial charge on any atom is 0.273 e. The number of fused-ring (bicyclic) bond motifs is 1. The Morgan fingerprint density at radius 2 is 2.22 bits per heavy atom. The van der Waals surface area contributed by atoms with E-state index in [1.807, 2.05) is 24.3 Å². The fraction of sp³-hybridized carbons (Fsp3) is 0.316. The molecule has 3 heterocycles. The van der Waals surface area contributed by atoms with Crippen molar-refractivity contribution < 1.29 is 0 Å². The largest absolute Gasteiger partial charge is 0.341 e. The summed E-state index contributed by atoms with van der Waals surface area (Å²) in [6, 6.07) is 11.5. The number of aromatic nitrogens is 2. The average molecular weight is 444 g/mol. The molecule has 27 heavy (non-hydrogen) atoms. The van der Waals surface area contributed by atoms with Crippen LogP contribution < -0.4 is 16.2 Å². The summed E-state index contributed by atoms with van der Waals surface area (Å²) >= 11 is 4.84. The normalized spacial score (nSPS) is 17.2. The Hall–Kier alpha value is -2.21. The molecule has 0 unspecified atom stereocenters. The van der Waals surface area contributed by atoms with E-state index in [2.05, 4.69) is 26.9 Å². The Morgan fingerprint density at radius 3 is 3.00 bits per heavy atom. The molecular weight excluding hydrogens is 426 g/mol. The quantitative estimate of drug-likeness (QED) is 0.671. The van der Waals surface area contributed by atoms with Crippen molar-refractivity contribution in [3.63, 3.8) is 0 Å². The number of benzene rings is 1. The minimum Gasteiger partial charge on any atom is -0.341 e. The molecule has 1 fully saturated rings. The van der Waals surface area contributed by atoms with E-state index in [-0.39, 0.29) is 11.6 Å². The summed E-state index contributed by atoms with van der Waals surface area (Å²) in [7, 11) is 0. The van der Waals surface area contributed by atoms with E-state index in [9.17, 15) is 10.1 Å². The van der Waals surface area contributed by atoms with Crippen molar-refractivity contribution in [1.29, 1.82) is 5.26 Å². The van der Waals surface area contributed by atoms with Gasteiger partial charge in [0.1, 0.15) is 4.70 Å². The lowest BCUT2D eigenvalue weighted by Gasteiger charge is -2.33. The van der Waals surface area contributed by atoms with Crippen LogP contribution in [0.15, 0.2) is 38.9 Å². The number of thiophene rings is 1. The van der Waals surface area contributed by atoms with Gasteiger partial charge >= 0.3 is 0 Å². The van der Waals surface area contributed by atoms with Gasteiger partial charge in [-0.1, -0.05) is 18.2 Å². The molecule has 4 rings (SSSR count). The number of anilines is 1. The highest BCUT2D eigenvalue weighted by Crippen LogP contribution is 2.29. The summed E-state index contributed by atoms with van der Waals surface area (Å²) in [6.07, 6.45) is 1.95. The van der Waals surface area contributed by atoms with E-state index in [0.29, 0.717) is 34.8 Å². The molecular formula is C19H18BrN5OS. The number of rotatable bonds is 3. The molecule has 1 saturated heterocycles. The Labute approximate surface area is 169 Å². The topological polar surface area (TPSA) is 87.9 Å². The van der Waals surface area contributed by atoms with Crippen molar-refractivity contribution in [1.82, 2.24) is 9.55 Å². The molecule has 0 radical (unpaired) electrons. The third kappa shape index (κ3) is 3.50. The average Bonchev–Trinajstić information content (AvgIpc) is 3.05. The first kappa shape index (κ1) is 18.2. The monoisotopic (exact) mass is 443 g/mol. The molecule has 1 aromatic carbocycles. The highest BCUT2D eigenvalue weighted by molar-refractivity contribution is 9.11. The van der Waals surface area contributed by atoms with Crippen LogP contribution >= 0.6 is 27.3 Å². The van der Waals surface area contributed by atoms with Gasteiger partial charge in [0.15, 0.2) is 0 Å². The molecule has 0 amide bonds. The first-order valence-electron chi connectivity index (χ1n) is 8.75. The molecule has 0 saturated carbocycles. The lowest BCUT2D eigenvalue weighted by atomic mass is 10.1. The predicted octanol–water partition coefficient (Wildman–Crippen LogP) is 3.07. The number of hydrogen-bond acceptors (Lipinski definition) is 6. The van der Waals surface area contributed by atoms with Crippen LogP contribution in [0.2, 0.25) is 0 Å². The molecule has 0 bridgehead atoms. The number of nitriles is 1. The summed E-state index contributed by atoms with van der Waals surface area (Å²) in [5.74, 6) is 0.626. The van der Waals surface area contributed by atoms with Crippen molar-refractivity contribution in [2.24, 2.45) is 5.73 Å². The molecule has 138 valence electrons. The molecule has 8 heteroatoms. The van der Waals surface area contributed by atoms with Crippen LogP contribution in [-0.2, 0) is 6.54 Å². The van der Waals surface area contributed by atoms with E-state index in [0.717, 1.165) is 28.7 Å². The fourth-order valence-corrected chi connectivity index (χ4v) is 4.96. The minimum atomic E-state index is -0.0856. The second kappa shape index (κ2) is 7.43. The van der Waals surface area contributed by atoms with Gasteiger partial charge in [0, 0.05) is 19.1 Å². The van der Waals surface area contributed by atoms with Gasteiger partial charge in [-0.25, -0.2) is 4.98 Å². The molecule has 6 nitrogen and oxygen atoms in total. The fourth-order valence-electron chi connectivity index (χ4n) is 3.48. The van der Waals surface area contributed by atoms with E-state index >= 15 is 0 Å². The van der Waals surface area contributed by atoms with Crippen LogP contribution in [0.4, 0.5) is 5.95 Å². The molecule has 2 aromatic heterocycles. The van der Waals surface area contributed by atoms with Crippen LogP contribution in [-0.4, -0.2) is 28.7 Å². The predicted molar refractivity (Wildman–Crippen MR) is 111 cm³/mol. The van der Waals surface area contributed by atoms with Crippen LogP contribution in [0.5, 0.6) is 0 Å². The first-order valence-corrected chi connectivity index (χ1v) is 10.4. The summed E-state index contributed by atoms with van der Waals surface area (Å²) in [5, 5.41) is 9.41. The van der Waals surface area contributed by atoms with Gasteiger partial charge in [-0.15, -0.1) is 11.3 Å². The van der Waals surface area contributed by atoms with Crippen molar-refractivity contribution in [3.05, 3.63) is 55.6 Å². The van der Waals surface area contributed by atoms with Crippen LogP contribution in [0.25, 0.3) is 10.2 Å². The Kier molecular flexibility index (Phi) is 5.00. The van der Waals surface area contributed by atoms with E-state index in [4.69, 9.17) is 10.7 Å². The second-order valence-electron chi connectivity index (χ2n) is 6.69. The van der Waals surface area contributed by atoms with E-state index < -0.39 is 0 Å². The minimum absolute atomic E-state index is 0.0698. The molecule has 1 aliphatic rings. The molecule has 0 aliphatic carbocycles. The third-order valence-electron chi connectivity index (χ3n) is 4.79. The number of piperidine rings is 1. The van der Waals surface area contributed by atoms with Crippen molar-refractivity contribution in [2.75, 3.05) is 18.0 Å². The number of nitrogens with zero attached hydrogens (tertiary/aromatic N) is 4. The number of halogens is 1. The maximum atomic E-state index is 13.3. The van der Waals surface area contributed by atoms with Crippen molar-refractivity contribution in [2.45, 2.75) is 25.4 Å². The van der Waals surface area contributed by atoms with Gasteiger partial charge < -0.3 is 10.6 Å². The Bertz CT molecular complexity index is 1100. The van der Waals surface area contributed by atoms with Gasteiger partial charge in [-0.3, -0.25) is 9.36 Å².